The van der Waals surface area contributed by atoms with Gasteiger partial charge >= 0.3 is 0 Å². The lowest BCUT2D eigenvalue weighted by atomic mass is 10.2. The second-order valence-corrected chi connectivity index (χ2v) is 4.05. The van der Waals surface area contributed by atoms with Gasteiger partial charge in [-0.3, -0.25) is 0 Å². The van der Waals surface area contributed by atoms with Gasteiger partial charge in [0.25, 0.3) is 0 Å². The Morgan fingerprint density at radius 1 is 1.18 bits per heavy atom. The fourth-order valence-corrected chi connectivity index (χ4v) is 1.69. The Morgan fingerprint density at radius 3 is 2.76 bits per heavy atom. The van der Waals surface area contributed by atoms with Crippen molar-refractivity contribution in [1.29, 1.82) is 0 Å². The van der Waals surface area contributed by atoms with E-state index >= 15 is 0 Å². The monoisotopic (exact) mass is 233 g/mol. The quantitative estimate of drug-likeness (QED) is 0.694. The molecule has 94 valence electrons. The Bertz CT molecular complexity index is 333. The van der Waals surface area contributed by atoms with Crippen LogP contribution in [0.5, 0.6) is 5.75 Å². The molecule has 0 aliphatic rings. The van der Waals surface area contributed by atoms with Crippen molar-refractivity contribution in [2.24, 2.45) is 0 Å². The second-order valence-electron chi connectivity index (χ2n) is 4.05. The predicted molar refractivity (Wildman–Crippen MR) is 74.4 cm³/mol. The van der Waals surface area contributed by atoms with Crippen LogP contribution in [0.1, 0.15) is 31.7 Å². The first-order valence-corrected chi connectivity index (χ1v) is 6.37. The van der Waals surface area contributed by atoms with Crippen molar-refractivity contribution in [2.75, 3.05) is 20.2 Å². The molecular weight excluding hydrogens is 210 g/mol. The van der Waals surface area contributed by atoms with Crippen LogP contribution in [0.3, 0.4) is 0 Å². The molecule has 0 spiro atoms. The van der Waals surface area contributed by atoms with E-state index < -0.39 is 0 Å². The molecule has 17 heavy (non-hydrogen) atoms. The summed E-state index contributed by atoms with van der Waals surface area (Å²) in [5.41, 5.74) is 1.16. The van der Waals surface area contributed by atoms with E-state index in [1.54, 1.807) is 0 Å². The van der Waals surface area contributed by atoms with Crippen molar-refractivity contribution in [3.05, 3.63) is 35.9 Å². The molecular formula is C15H23NO. The highest BCUT2D eigenvalue weighted by Gasteiger charge is 1.98. The molecule has 1 aromatic rings. The maximum atomic E-state index is 5.80. The third kappa shape index (κ3) is 5.55. The molecule has 0 aliphatic carbocycles. The summed E-state index contributed by atoms with van der Waals surface area (Å²) in [5.74, 6) is 0.985. The molecule has 0 amide bonds. The molecule has 0 heterocycles. The van der Waals surface area contributed by atoms with Crippen LogP contribution in [0, 0.1) is 0 Å². The Labute approximate surface area is 105 Å². The fourth-order valence-electron chi connectivity index (χ4n) is 1.69. The van der Waals surface area contributed by atoms with Crippen LogP contribution in [0.2, 0.25) is 0 Å². The summed E-state index contributed by atoms with van der Waals surface area (Å²) in [7, 11) is 1.99. The Balaban J connectivity index is 2.31. The first-order chi connectivity index (χ1) is 8.38. The first kappa shape index (κ1) is 13.8. The smallest absolute Gasteiger partial charge is 0.126 e. The fraction of sp³-hybridized carbons (Fsp3) is 0.467. The van der Waals surface area contributed by atoms with E-state index in [1.165, 1.54) is 12.8 Å². The third-order valence-corrected chi connectivity index (χ3v) is 2.59. The summed E-state index contributed by atoms with van der Waals surface area (Å²) < 4.78 is 5.80. The number of nitrogens with one attached hydrogen (secondary N) is 1. The van der Waals surface area contributed by atoms with Crippen LogP contribution in [0.25, 0.3) is 6.08 Å². The number of rotatable bonds is 8. The van der Waals surface area contributed by atoms with Gasteiger partial charge in [0.2, 0.25) is 0 Å². The van der Waals surface area contributed by atoms with Gasteiger partial charge in [-0.25, -0.2) is 0 Å². The third-order valence-electron chi connectivity index (χ3n) is 2.59. The van der Waals surface area contributed by atoms with Crippen LogP contribution in [-0.2, 0) is 0 Å². The van der Waals surface area contributed by atoms with E-state index in [9.17, 15) is 0 Å². The highest BCUT2D eigenvalue weighted by molar-refractivity contribution is 5.56. The molecule has 1 rings (SSSR count). The molecule has 0 saturated heterocycles. The minimum absolute atomic E-state index is 0.804. The van der Waals surface area contributed by atoms with Gasteiger partial charge in [0.1, 0.15) is 5.75 Å². The summed E-state index contributed by atoms with van der Waals surface area (Å²) in [6.07, 6.45) is 7.67. The molecule has 0 saturated carbocycles. The lowest BCUT2D eigenvalue weighted by Crippen LogP contribution is -2.08. The summed E-state index contributed by atoms with van der Waals surface area (Å²) in [6.45, 7) is 3.92. The Morgan fingerprint density at radius 2 is 2.00 bits per heavy atom. The van der Waals surface area contributed by atoms with Crippen molar-refractivity contribution < 1.29 is 4.74 Å². The number of para-hydroxylation sites is 1. The van der Waals surface area contributed by atoms with Crippen LogP contribution in [0.4, 0.5) is 0 Å². The normalized spacial score (nSPS) is 10.9. The van der Waals surface area contributed by atoms with Crippen LogP contribution >= 0.6 is 0 Å². The van der Waals surface area contributed by atoms with Gasteiger partial charge < -0.3 is 10.1 Å². The van der Waals surface area contributed by atoms with Crippen molar-refractivity contribution in [1.82, 2.24) is 5.32 Å². The molecule has 0 atom stereocenters. The topological polar surface area (TPSA) is 21.3 Å². The maximum Gasteiger partial charge on any atom is 0.126 e. The lowest BCUT2D eigenvalue weighted by Gasteiger charge is -2.08. The van der Waals surface area contributed by atoms with Gasteiger partial charge in [-0.05, 0) is 45.8 Å². The molecule has 0 aliphatic heterocycles. The molecule has 1 aromatic carbocycles. The average molecular weight is 233 g/mol. The average Bonchev–Trinajstić information content (AvgIpc) is 2.36. The van der Waals surface area contributed by atoms with E-state index in [2.05, 4.69) is 17.5 Å². The number of benzene rings is 1. The van der Waals surface area contributed by atoms with Gasteiger partial charge in [0.15, 0.2) is 0 Å². The highest BCUT2D eigenvalue weighted by atomic mass is 16.5. The Kier molecular flexibility index (Phi) is 7.15. The molecule has 0 bridgehead atoms. The van der Waals surface area contributed by atoms with Crippen LogP contribution in [0.15, 0.2) is 30.3 Å². The van der Waals surface area contributed by atoms with Gasteiger partial charge in [-0.15, -0.1) is 0 Å². The highest BCUT2D eigenvalue weighted by Crippen LogP contribution is 2.19. The largest absolute Gasteiger partial charge is 0.493 e. The number of allylic oxidation sites excluding steroid dienone is 1. The summed E-state index contributed by atoms with van der Waals surface area (Å²) in [6, 6.07) is 8.16. The zero-order chi connectivity index (χ0) is 12.3. The number of hydrogen-bond donors (Lipinski definition) is 1. The van der Waals surface area contributed by atoms with Crippen LogP contribution in [-0.4, -0.2) is 20.2 Å². The minimum Gasteiger partial charge on any atom is -0.493 e. The SMILES string of the molecule is C/C=C/c1ccccc1OCCCCCNC. The first-order valence-electron chi connectivity index (χ1n) is 6.37. The van der Waals surface area contributed by atoms with E-state index in [-0.39, 0.29) is 0 Å². The second kappa shape index (κ2) is 8.82. The molecule has 0 fully saturated rings. The minimum atomic E-state index is 0.804. The zero-order valence-corrected chi connectivity index (χ0v) is 10.9. The predicted octanol–water partition coefficient (Wildman–Crippen LogP) is 3.49. The number of hydrogen-bond acceptors (Lipinski definition) is 2. The van der Waals surface area contributed by atoms with Crippen molar-refractivity contribution in [3.63, 3.8) is 0 Å². The molecule has 0 radical (unpaired) electrons. The lowest BCUT2D eigenvalue weighted by molar-refractivity contribution is 0.304. The number of unbranched alkanes of at least 4 members (excludes halogenated alkanes) is 2. The van der Waals surface area contributed by atoms with Crippen molar-refractivity contribution in [3.8, 4) is 5.75 Å². The van der Waals surface area contributed by atoms with E-state index in [4.69, 9.17) is 4.74 Å². The summed E-state index contributed by atoms with van der Waals surface area (Å²) in [4.78, 5) is 0. The van der Waals surface area contributed by atoms with E-state index in [1.807, 2.05) is 38.2 Å². The maximum absolute atomic E-state index is 5.80. The standard InChI is InChI=1S/C15H23NO/c1-3-9-14-10-5-6-11-15(14)17-13-8-4-7-12-16-2/h3,5-6,9-11,16H,4,7-8,12-13H2,1-2H3/b9-3+. The summed E-state index contributed by atoms with van der Waals surface area (Å²) in [5, 5.41) is 3.15. The molecule has 0 aromatic heterocycles. The number of ether oxygens (including phenoxy) is 1. The summed E-state index contributed by atoms with van der Waals surface area (Å²) >= 11 is 0. The van der Waals surface area contributed by atoms with Gasteiger partial charge in [-0.2, -0.15) is 0 Å². The Hall–Kier alpha value is -1.28. The van der Waals surface area contributed by atoms with Gasteiger partial charge in [0, 0.05) is 5.56 Å². The molecule has 1 N–H and O–H groups in total. The molecule has 0 unspecified atom stereocenters. The van der Waals surface area contributed by atoms with Crippen LogP contribution < -0.4 is 10.1 Å². The van der Waals surface area contributed by atoms with E-state index in [0.29, 0.717) is 0 Å². The zero-order valence-electron chi connectivity index (χ0n) is 10.9. The van der Waals surface area contributed by atoms with E-state index in [0.717, 1.165) is 30.9 Å². The molecule has 2 nitrogen and oxygen atoms in total. The van der Waals surface area contributed by atoms with Crippen molar-refractivity contribution >= 4 is 6.08 Å². The van der Waals surface area contributed by atoms with Gasteiger partial charge in [-0.1, -0.05) is 30.4 Å². The molecule has 2 heteroatoms. The van der Waals surface area contributed by atoms with Crippen molar-refractivity contribution in [2.45, 2.75) is 26.2 Å². The van der Waals surface area contributed by atoms with Gasteiger partial charge in [0.05, 0.1) is 6.61 Å².